The van der Waals surface area contributed by atoms with E-state index < -0.39 is 10.0 Å². The highest BCUT2D eigenvalue weighted by Gasteiger charge is 2.14. The molecule has 0 aromatic heterocycles. The molecule has 0 unspecified atom stereocenters. The van der Waals surface area contributed by atoms with Crippen LogP contribution in [0.1, 0.15) is 37.0 Å². The summed E-state index contributed by atoms with van der Waals surface area (Å²) in [6.07, 6.45) is 0.890. The summed E-state index contributed by atoms with van der Waals surface area (Å²) in [5.74, 6) is 0.189. The summed E-state index contributed by atoms with van der Waals surface area (Å²) >= 11 is 0. The lowest BCUT2D eigenvalue weighted by Gasteiger charge is -2.10. The molecule has 0 atom stereocenters. The zero-order chi connectivity index (χ0) is 20.0. The average molecular weight is 389 g/mol. The molecule has 146 valence electrons. The Morgan fingerprint density at radius 3 is 2.33 bits per heavy atom. The van der Waals surface area contributed by atoms with Gasteiger partial charge in [-0.1, -0.05) is 38.1 Å². The van der Waals surface area contributed by atoms with Crippen molar-refractivity contribution in [1.29, 1.82) is 0 Å². The van der Waals surface area contributed by atoms with Gasteiger partial charge in [-0.05, 0) is 61.1 Å². The highest BCUT2D eigenvalue weighted by molar-refractivity contribution is 7.89. The van der Waals surface area contributed by atoms with Gasteiger partial charge in [0.05, 0.1) is 4.90 Å². The molecular weight excluding hydrogens is 360 g/mol. The minimum absolute atomic E-state index is 0.0565. The van der Waals surface area contributed by atoms with E-state index in [1.165, 1.54) is 0 Å². The smallest absolute Gasteiger partial charge is 0.240 e. The standard InChI is InChI=1S/C21H28N2O3S/c1-15(2)14-22-27(25,26)19-10-7-18(8-11-19)9-12-21(24)23-20-13-16(3)5-6-17(20)4/h5-8,10-11,13,15,22H,9,12,14H2,1-4H3,(H,23,24). The van der Waals surface area contributed by atoms with E-state index in [1.807, 2.05) is 45.9 Å². The highest BCUT2D eigenvalue weighted by atomic mass is 32.2. The molecule has 0 aliphatic rings. The average Bonchev–Trinajstić information content (AvgIpc) is 2.62. The van der Waals surface area contributed by atoms with Crippen LogP contribution in [0.15, 0.2) is 47.4 Å². The van der Waals surface area contributed by atoms with Gasteiger partial charge in [0.15, 0.2) is 0 Å². The van der Waals surface area contributed by atoms with E-state index in [0.717, 1.165) is 22.4 Å². The molecule has 1 amide bonds. The van der Waals surface area contributed by atoms with E-state index in [-0.39, 0.29) is 16.7 Å². The summed E-state index contributed by atoms with van der Waals surface area (Å²) in [7, 11) is -3.48. The number of sulfonamides is 1. The summed E-state index contributed by atoms with van der Waals surface area (Å²) in [6.45, 7) is 8.26. The maximum Gasteiger partial charge on any atom is 0.240 e. The van der Waals surface area contributed by atoms with Crippen molar-refractivity contribution in [2.24, 2.45) is 5.92 Å². The number of rotatable bonds is 8. The maximum atomic E-state index is 12.2. The van der Waals surface area contributed by atoms with E-state index >= 15 is 0 Å². The molecule has 27 heavy (non-hydrogen) atoms. The molecule has 2 aromatic carbocycles. The molecule has 0 fully saturated rings. The zero-order valence-electron chi connectivity index (χ0n) is 16.4. The topological polar surface area (TPSA) is 75.3 Å². The molecular formula is C21H28N2O3S. The lowest BCUT2D eigenvalue weighted by atomic mass is 10.1. The molecule has 5 nitrogen and oxygen atoms in total. The van der Waals surface area contributed by atoms with Gasteiger partial charge in [-0.25, -0.2) is 13.1 Å². The van der Waals surface area contributed by atoms with Crippen LogP contribution in [0.2, 0.25) is 0 Å². The molecule has 2 rings (SSSR count). The van der Waals surface area contributed by atoms with E-state index in [1.54, 1.807) is 24.3 Å². The third-order valence-electron chi connectivity index (χ3n) is 4.22. The monoisotopic (exact) mass is 388 g/mol. The van der Waals surface area contributed by atoms with Crippen molar-refractivity contribution in [3.8, 4) is 0 Å². The molecule has 0 saturated carbocycles. The van der Waals surface area contributed by atoms with E-state index in [4.69, 9.17) is 0 Å². The van der Waals surface area contributed by atoms with Gasteiger partial charge in [-0.3, -0.25) is 4.79 Å². The first-order valence-electron chi connectivity index (χ1n) is 9.13. The van der Waals surface area contributed by atoms with Gasteiger partial charge < -0.3 is 5.32 Å². The fraction of sp³-hybridized carbons (Fsp3) is 0.381. The van der Waals surface area contributed by atoms with Crippen molar-refractivity contribution in [2.75, 3.05) is 11.9 Å². The second-order valence-electron chi connectivity index (χ2n) is 7.26. The number of aryl methyl sites for hydroxylation is 3. The van der Waals surface area contributed by atoms with Crippen LogP contribution in [0.25, 0.3) is 0 Å². The molecule has 0 spiro atoms. The first-order valence-corrected chi connectivity index (χ1v) is 10.6. The number of hydrogen-bond acceptors (Lipinski definition) is 3. The number of anilines is 1. The Hall–Kier alpha value is -2.18. The normalized spacial score (nSPS) is 11.6. The molecule has 6 heteroatoms. The summed E-state index contributed by atoms with van der Waals surface area (Å²) < 4.78 is 27.0. The van der Waals surface area contributed by atoms with Gasteiger partial charge in [-0.15, -0.1) is 0 Å². The summed E-state index contributed by atoms with van der Waals surface area (Å²) in [6, 6.07) is 12.6. The second-order valence-corrected chi connectivity index (χ2v) is 9.02. The molecule has 2 aromatic rings. The molecule has 0 saturated heterocycles. The summed E-state index contributed by atoms with van der Waals surface area (Å²) in [4.78, 5) is 12.4. The largest absolute Gasteiger partial charge is 0.326 e. The van der Waals surface area contributed by atoms with Gasteiger partial charge in [0.25, 0.3) is 0 Å². The van der Waals surface area contributed by atoms with Crippen molar-refractivity contribution in [3.63, 3.8) is 0 Å². The molecule has 2 N–H and O–H groups in total. The Kier molecular flexibility index (Phi) is 7.16. The van der Waals surface area contributed by atoms with Crippen molar-refractivity contribution in [1.82, 2.24) is 4.72 Å². The Morgan fingerprint density at radius 2 is 1.70 bits per heavy atom. The fourth-order valence-electron chi connectivity index (χ4n) is 2.54. The van der Waals surface area contributed by atoms with Crippen LogP contribution in [-0.4, -0.2) is 20.9 Å². The number of benzene rings is 2. The minimum atomic E-state index is -3.48. The van der Waals surface area contributed by atoms with Crippen molar-refractivity contribution < 1.29 is 13.2 Å². The number of carbonyl (C=O) groups is 1. The van der Waals surface area contributed by atoms with Crippen LogP contribution in [0.5, 0.6) is 0 Å². The molecule has 0 radical (unpaired) electrons. The maximum absolute atomic E-state index is 12.2. The van der Waals surface area contributed by atoms with E-state index in [2.05, 4.69) is 10.0 Å². The molecule has 0 aliphatic carbocycles. The van der Waals surface area contributed by atoms with Crippen molar-refractivity contribution >= 4 is 21.6 Å². The highest BCUT2D eigenvalue weighted by Crippen LogP contribution is 2.17. The predicted octanol–water partition coefficient (Wildman–Crippen LogP) is 3.81. The first-order chi connectivity index (χ1) is 12.7. The van der Waals surface area contributed by atoms with Gasteiger partial charge in [0, 0.05) is 18.7 Å². The summed E-state index contributed by atoms with van der Waals surface area (Å²) in [5, 5.41) is 2.94. The molecule has 0 heterocycles. The Balaban J connectivity index is 1.93. The van der Waals surface area contributed by atoms with Gasteiger partial charge in [0.2, 0.25) is 15.9 Å². The minimum Gasteiger partial charge on any atom is -0.326 e. The van der Waals surface area contributed by atoms with E-state index in [9.17, 15) is 13.2 Å². The lowest BCUT2D eigenvalue weighted by molar-refractivity contribution is -0.116. The molecule has 0 aliphatic heterocycles. The van der Waals surface area contributed by atoms with Gasteiger partial charge >= 0.3 is 0 Å². The van der Waals surface area contributed by atoms with Crippen LogP contribution in [0, 0.1) is 19.8 Å². The quantitative estimate of drug-likeness (QED) is 0.722. The zero-order valence-corrected chi connectivity index (χ0v) is 17.2. The van der Waals surface area contributed by atoms with Crippen LogP contribution in [-0.2, 0) is 21.2 Å². The first kappa shape index (κ1) is 21.1. The SMILES string of the molecule is Cc1ccc(C)c(NC(=O)CCc2ccc(S(=O)(=O)NCC(C)C)cc2)c1. The van der Waals surface area contributed by atoms with Gasteiger partial charge in [-0.2, -0.15) is 0 Å². The van der Waals surface area contributed by atoms with Crippen LogP contribution in [0.3, 0.4) is 0 Å². The number of carbonyl (C=O) groups excluding carboxylic acids is 1. The Bertz CT molecular complexity index is 888. The van der Waals surface area contributed by atoms with Crippen molar-refractivity contribution in [3.05, 3.63) is 59.2 Å². The predicted molar refractivity (Wildman–Crippen MR) is 109 cm³/mol. The third kappa shape index (κ3) is 6.48. The van der Waals surface area contributed by atoms with Crippen LogP contribution >= 0.6 is 0 Å². The Labute approximate surface area is 162 Å². The second kappa shape index (κ2) is 9.15. The lowest BCUT2D eigenvalue weighted by Crippen LogP contribution is -2.27. The number of hydrogen-bond donors (Lipinski definition) is 2. The molecule has 0 bridgehead atoms. The Morgan fingerprint density at radius 1 is 1.04 bits per heavy atom. The fourth-order valence-corrected chi connectivity index (χ4v) is 3.75. The van der Waals surface area contributed by atoms with Crippen molar-refractivity contribution in [2.45, 2.75) is 45.4 Å². The van der Waals surface area contributed by atoms with Gasteiger partial charge in [0.1, 0.15) is 0 Å². The number of amides is 1. The third-order valence-corrected chi connectivity index (χ3v) is 5.66. The van der Waals surface area contributed by atoms with Crippen LogP contribution in [0.4, 0.5) is 5.69 Å². The van der Waals surface area contributed by atoms with Crippen LogP contribution < -0.4 is 10.0 Å². The van der Waals surface area contributed by atoms with E-state index in [0.29, 0.717) is 19.4 Å². The number of nitrogens with one attached hydrogen (secondary N) is 2. The summed E-state index contributed by atoms with van der Waals surface area (Å²) in [5.41, 5.74) is 3.88.